The lowest BCUT2D eigenvalue weighted by atomic mass is 9.91. The van der Waals surface area contributed by atoms with Crippen molar-refractivity contribution in [2.45, 2.75) is 52.1 Å². The van der Waals surface area contributed by atoms with Crippen LogP contribution in [-0.2, 0) is 24.2 Å². The topological polar surface area (TPSA) is 96.2 Å². The number of nitrogens with zero attached hydrogens (tertiary/aromatic N) is 2. The summed E-state index contributed by atoms with van der Waals surface area (Å²) in [7, 11) is 0. The Bertz CT molecular complexity index is 553. The highest BCUT2D eigenvalue weighted by Gasteiger charge is 2.28. The molecule has 0 radical (unpaired) electrons. The Hall–Kier alpha value is -1.89. The van der Waals surface area contributed by atoms with Crippen LogP contribution < -0.4 is 10.6 Å². The van der Waals surface area contributed by atoms with E-state index in [0.29, 0.717) is 19.5 Å². The SMILES string of the molecule is CCCn1nc(C(=O)O)c2c1CC[C@@H](NCCNC(C)=O)C2. The molecule has 122 valence electrons. The lowest BCUT2D eigenvalue weighted by Crippen LogP contribution is -2.39. The Morgan fingerprint density at radius 2 is 2.18 bits per heavy atom. The van der Waals surface area contributed by atoms with Crippen LogP contribution in [0.25, 0.3) is 0 Å². The highest BCUT2D eigenvalue weighted by molar-refractivity contribution is 5.87. The Morgan fingerprint density at radius 1 is 1.41 bits per heavy atom. The molecular weight excluding hydrogens is 284 g/mol. The molecule has 0 aromatic carbocycles. The van der Waals surface area contributed by atoms with Gasteiger partial charge in [-0.25, -0.2) is 4.79 Å². The number of carbonyl (C=O) groups is 2. The zero-order chi connectivity index (χ0) is 16.1. The molecule has 22 heavy (non-hydrogen) atoms. The van der Waals surface area contributed by atoms with Gasteiger partial charge in [-0.15, -0.1) is 0 Å². The van der Waals surface area contributed by atoms with Gasteiger partial charge in [0.2, 0.25) is 5.91 Å². The number of aryl methyl sites for hydroxylation is 1. The van der Waals surface area contributed by atoms with Crippen LogP contribution in [0.1, 0.15) is 48.4 Å². The highest BCUT2D eigenvalue weighted by Crippen LogP contribution is 2.25. The quantitative estimate of drug-likeness (QED) is 0.640. The average molecular weight is 308 g/mol. The number of aromatic carboxylic acids is 1. The molecule has 3 N–H and O–H groups in total. The minimum atomic E-state index is -0.954. The molecule has 1 aliphatic carbocycles. The third kappa shape index (κ3) is 3.85. The van der Waals surface area contributed by atoms with Crippen molar-refractivity contribution in [3.8, 4) is 0 Å². The molecule has 0 saturated carbocycles. The summed E-state index contributed by atoms with van der Waals surface area (Å²) in [6.07, 6.45) is 3.42. The molecule has 7 nitrogen and oxygen atoms in total. The van der Waals surface area contributed by atoms with Gasteiger partial charge in [-0.2, -0.15) is 5.10 Å². The maximum atomic E-state index is 11.4. The molecule has 1 aliphatic rings. The summed E-state index contributed by atoms with van der Waals surface area (Å²) in [5.74, 6) is -0.994. The first-order valence-electron chi connectivity index (χ1n) is 7.82. The molecule has 2 rings (SSSR count). The van der Waals surface area contributed by atoms with Crippen LogP contribution in [0.15, 0.2) is 0 Å². The summed E-state index contributed by atoms with van der Waals surface area (Å²) in [6, 6.07) is 0.235. The number of carbonyl (C=O) groups excluding carboxylic acids is 1. The van der Waals surface area contributed by atoms with Crippen LogP contribution in [0.5, 0.6) is 0 Å². The molecular formula is C15H24N4O3. The van der Waals surface area contributed by atoms with Crippen molar-refractivity contribution in [3.63, 3.8) is 0 Å². The summed E-state index contributed by atoms with van der Waals surface area (Å²) >= 11 is 0. The molecule has 0 fully saturated rings. The van der Waals surface area contributed by atoms with Crippen molar-refractivity contribution in [2.24, 2.45) is 0 Å². The second kappa shape index (κ2) is 7.40. The smallest absolute Gasteiger partial charge is 0.356 e. The highest BCUT2D eigenvalue weighted by atomic mass is 16.4. The van der Waals surface area contributed by atoms with E-state index in [4.69, 9.17) is 0 Å². The van der Waals surface area contributed by atoms with Gasteiger partial charge in [0.1, 0.15) is 0 Å². The minimum Gasteiger partial charge on any atom is -0.476 e. The Labute approximate surface area is 130 Å². The number of hydrogen-bond acceptors (Lipinski definition) is 4. The molecule has 1 atom stereocenters. The van der Waals surface area contributed by atoms with Crippen molar-refractivity contribution in [1.82, 2.24) is 20.4 Å². The molecule has 7 heteroatoms. The van der Waals surface area contributed by atoms with Crippen molar-refractivity contribution in [3.05, 3.63) is 17.0 Å². The molecule has 0 aliphatic heterocycles. The molecule has 0 spiro atoms. The van der Waals surface area contributed by atoms with Gasteiger partial charge >= 0.3 is 5.97 Å². The number of carboxylic acid groups (broad SMARTS) is 1. The number of nitrogens with one attached hydrogen (secondary N) is 2. The molecule has 0 saturated heterocycles. The molecule has 1 heterocycles. The van der Waals surface area contributed by atoms with E-state index < -0.39 is 5.97 Å². The van der Waals surface area contributed by atoms with Gasteiger partial charge in [0.05, 0.1) is 0 Å². The summed E-state index contributed by atoms with van der Waals surface area (Å²) < 4.78 is 1.85. The number of carboxylic acids is 1. The average Bonchev–Trinajstić information content (AvgIpc) is 2.82. The number of hydrogen-bond donors (Lipinski definition) is 3. The summed E-state index contributed by atoms with van der Waals surface area (Å²) in [6.45, 7) is 5.58. The van der Waals surface area contributed by atoms with E-state index in [1.54, 1.807) is 0 Å². The predicted molar refractivity (Wildman–Crippen MR) is 82.0 cm³/mol. The number of aromatic nitrogens is 2. The van der Waals surface area contributed by atoms with Crippen molar-refractivity contribution in [2.75, 3.05) is 13.1 Å². The van der Waals surface area contributed by atoms with Gasteiger partial charge in [0, 0.05) is 43.9 Å². The van der Waals surface area contributed by atoms with Crippen LogP contribution in [0.4, 0.5) is 0 Å². The maximum absolute atomic E-state index is 11.4. The van der Waals surface area contributed by atoms with E-state index in [9.17, 15) is 14.7 Å². The second-order valence-electron chi connectivity index (χ2n) is 5.68. The summed E-state index contributed by atoms with van der Waals surface area (Å²) in [5.41, 5.74) is 2.13. The van der Waals surface area contributed by atoms with Crippen molar-refractivity contribution < 1.29 is 14.7 Å². The molecule has 1 aromatic rings. The lowest BCUT2D eigenvalue weighted by Gasteiger charge is -2.24. The first-order chi connectivity index (χ1) is 10.5. The van der Waals surface area contributed by atoms with Crippen LogP contribution in [0.2, 0.25) is 0 Å². The molecule has 0 bridgehead atoms. The monoisotopic (exact) mass is 308 g/mol. The van der Waals surface area contributed by atoms with E-state index in [1.807, 2.05) is 4.68 Å². The Morgan fingerprint density at radius 3 is 2.82 bits per heavy atom. The van der Waals surface area contributed by atoms with Gasteiger partial charge in [-0.05, 0) is 25.7 Å². The molecule has 1 aromatic heterocycles. The zero-order valence-electron chi connectivity index (χ0n) is 13.2. The fraction of sp³-hybridized carbons (Fsp3) is 0.667. The van der Waals surface area contributed by atoms with Gasteiger partial charge in [-0.3, -0.25) is 9.48 Å². The van der Waals surface area contributed by atoms with Crippen LogP contribution in [0.3, 0.4) is 0 Å². The van der Waals surface area contributed by atoms with E-state index in [-0.39, 0.29) is 17.6 Å². The first kappa shape index (κ1) is 16.5. The number of amides is 1. The van der Waals surface area contributed by atoms with Crippen molar-refractivity contribution in [1.29, 1.82) is 0 Å². The van der Waals surface area contributed by atoms with Gasteiger partial charge in [-0.1, -0.05) is 6.92 Å². The van der Waals surface area contributed by atoms with Crippen LogP contribution in [0, 0.1) is 0 Å². The Balaban J connectivity index is 2.02. The van der Waals surface area contributed by atoms with E-state index >= 15 is 0 Å². The second-order valence-corrected chi connectivity index (χ2v) is 5.68. The fourth-order valence-corrected chi connectivity index (χ4v) is 2.95. The lowest BCUT2D eigenvalue weighted by molar-refractivity contribution is -0.118. The van der Waals surface area contributed by atoms with Crippen LogP contribution >= 0.6 is 0 Å². The Kier molecular flexibility index (Phi) is 5.54. The summed E-state index contributed by atoms with van der Waals surface area (Å²) in [5, 5.41) is 19.7. The fourth-order valence-electron chi connectivity index (χ4n) is 2.95. The first-order valence-corrected chi connectivity index (χ1v) is 7.82. The minimum absolute atomic E-state index is 0.0401. The normalized spacial score (nSPS) is 17.1. The van der Waals surface area contributed by atoms with E-state index in [0.717, 1.165) is 37.1 Å². The van der Waals surface area contributed by atoms with Gasteiger partial charge in [0.25, 0.3) is 0 Å². The standard InChI is InChI=1S/C15H24N4O3/c1-3-8-19-13-5-4-11(17-7-6-16-10(2)20)9-12(13)14(18-19)15(21)22/h11,17H,3-9H2,1-2H3,(H,16,20)(H,21,22)/t11-/m1/s1. The molecule has 0 unspecified atom stereocenters. The third-order valence-electron chi connectivity index (χ3n) is 3.92. The van der Waals surface area contributed by atoms with Crippen molar-refractivity contribution >= 4 is 11.9 Å². The zero-order valence-corrected chi connectivity index (χ0v) is 13.2. The number of fused-ring (bicyclic) bond motifs is 1. The summed E-state index contributed by atoms with van der Waals surface area (Å²) in [4.78, 5) is 22.2. The van der Waals surface area contributed by atoms with Crippen LogP contribution in [-0.4, -0.2) is 45.9 Å². The largest absolute Gasteiger partial charge is 0.476 e. The third-order valence-corrected chi connectivity index (χ3v) is 3.92. The molecule has 1 amide bonds. The van der Waals surface area contributed by atoms with E-state index in [1.165, 1.54) is 6.92 Å². The van der Waals surface area contributed by atoms with Gasteiger partial charge in [0.15, 0.2) is 5.69 Å². The predicted octanol–water partition coefficient (Wildman–Crippen LogP) is 0.574. The number of rotatable bonds is 7. The maximum Gasteiger partial charge on any atom is 0.356 e. The van der Waals surface area contributed by atoms with Gasteiger partial charge < -0.3 is 15.7 Å². The van der Waals surface area contributed by atoms with E-state index in [2.05, 4.69) is 22.7 Å².